The Morgan fingerprint density at radius 3 is 1.95 bits per heavy atom. The van der Waals surface area contributed by atoms with Crippen LogP contribution in [0.1, 0.15) is 16.7 Å². The molecule has 0 aliphatic rings. The summed E-state index contributed by atoms with van der Waals surface area (Å²) in [5.41, 5.74) is 3.48. The lowest BCUT2D eigenvalue weighted by atomic mass is 9.78. The maximum atomic E-state index is 6.29. The Morgan fingerprint density at radius 2 is 1.45 bits per heavy atom. The van der Waals surface area contributed by atoms with Crippen molar-refractivity contribution in [3.8, 4) is 0 Å². The van der Waals surface area contributed by atoms with Gasteiger partial charge in [-0.25, -0.2) is 0 Å². The van der Waals surface area contributed by atoms with E-state index in [0.717, 1.165) is 10.9 Å². The van der Waals surface area contributed by atoms with Gasteiger partial charge in [-0.15, -0.1) is 23.2 Å². The van der Waals surface area contributed by atoms with Crippen molar-refractivity contribution in [1.29, 1.82) is 0 Å². The summed E-state index contributed by atoms with van der Waals surface area (Å²) < 4.78 is 1.08. The Bertz CT molecular complexity index is 542. The smallest absolute Gasteiger partial charge is 0.0335 e. The first-order valence-corrected chi connectivity index (χ1v) is 8.39. The van der Waals surface area contributed by atoms with E-state index in [1.807, 2.05) is 0 Å². The third-order valence-corrected chi connectivity index (χ3v) is 5.18. The maximum Gasteiger partial charge on any atom is 0.0335 e. The Hall–Kier alpha value is -0.500. The molecule has 106 valence electrons. The lowest BCUT2D eigenvalue weighted by Crippen LogP contribution is -2.33. The van der Waals surface area contributed by atoms with Gasteiger partial charge >= 0.3 is 0 Å². The van der Waals surface area contributed by atoms with Crippen molar-refractivity contribution in [3.05, 3.63) is 69.7 Å². The molecule has 0 amide bonds. The largest absolute Gasteiger partial charge is 0.126 e. The first-order valence-electron chi connectivity index (χ1n) is 6.53. The summed E-state index contributed by atoms with van der Waals surface area (Å²) in [6.45, 7) is 2.08. The number of benzene rings is 2. The minimum absolute atomic E-state index is 0.218. The van der Waals surface area contributed by atoms with Crippen LogP contribution in [-0.4, -0.2) is 11.8 Å². The minimum Gasteiger partial charge on any atom is -0.126 e. The van der Waals surface area contributed by atoms with E-state index in [9.17, 15) is 0 Å². The van der Waals surface area contributed by atoms with Crippen LogP contribution >= 0.6 is 39.1 Å². The molecular formula is C17H17BrCl2. The Kier molecular flexibility index (Phi) is 5.54. The molecule has 0 heterocycles. The highest BCUT2D eigenvalue weighted by Gasteiger charge is 2.30. The highest BCUT2D eigenvalue weighted by Crippen LogP contribution is 2.32. The van der Waals surface area contributed by atoms with Crippen LogP contribution in [0.2, 0.25) is 0 Å². The first kappa shape index (κ1) is 15.9. The number of hydrogen-bond acceptors (Lipinski definition) is 0. The van der Waals surface area contributed by atoms with Gasteiger partial charge in [-0.1, -0.05) is 57.9 Å². The van der Waals surface area contributed by atoms with Crippen molar-refractivity contribution in [3.63, 3.8) is 0 Å². The van der Waals surface area contributed by atoms with E-state index in [1.54, 1.807) is 0 Å². The molecule has 0 bridgehead atoms. The van der Waals surface area contributed by atoms with Crippen molar-refractivity contribution in [1.82, 2.24) is 0 Å². The summed E-state index contributed by atoms with van der Waals surface area (Å²) in [6, 6.07) is 16.8. The molecular weight excluding hydrogens is 355 g/mol. The van der Waals surface area contributed by atoms with E-state index >= 15 is 0 Å². The summed E-state index contributed by atoms with van der Waals surface area (Å²) in [5, 5.41) is 0. The molecule has 0 fully saturated rings. The highest BCUT2D eigenvalue weighted by atomic mass is 79.9. The highest BCUT2D eigenvalue weighted by molar-refractivity contribution is 9.10. The molecule has 0 aliphatic carbocycles. The van der Waals surface area contributed by atoms with E-state index in [0.29, 0.717) is 11.8 Å². The van der Waals surface area contributed by atoms with Crippen molar-refractivity contribution in [2.75, 3.05) is 11.8 Å². The van der Waals surface area contributed by atoms with Crippen molar-refractivity contribution in [2.24, 2.45) is 0 Å². The normalized spacial score (nSPS) is 11.6. The molecule has 0 aliphatic heterocycles. The van der Waals surface area contributed by atoms with E-state index in [-0.39, 0.29) is 5.41 Å². The van der Waals surface area contributed by atoms with Gasteiger partial charge in [0.15, 0.2) is 0 Å². The lowest BCUT2D eigenvalue weighted by Gasteiger charge is -2.30. The van der Waals surface area contributed by atoms with Crippen LogP contribution in [0, 0.1) is 6.92 Å². The number of rotatable bonds is 5. The molecule has 0 nitrogen and oxygen atoms in total. The molecule has 20 heavy (non-hydrogen) atoms. The van der Waals surface area contributed by atoms with Crippen LogP contribution in [0.4, 0.5) is 0 Å². The van der Waals surface area contributed by atoms with Gasteiger partial charge in [0.1, 0.15) is 0 Å². The summed E-state index contributed by atoms with van der Waals surface area (Å²) in [4.78, 5) is 0. The SMILES string of the molecule is Cc1ccc(C(CCl)(CCl)Cc2ccc(Br)cc2)cc1. The van der Waals surface area contributed by atoms with E-state index < -0.39 is 0 Å². The lowest BCUT2D eigenvalue weighted by molar-refractivity contribution is 0.536. The zero-order valence-electron chi connectivity index (χ0n) is 11.4. The van der Waals surface area contributed by atoms with Gasteiger partial charge in [0.05, 0.1) is 0 Å². The third kappa shape index (κ3) is 3.58. The van der Waals surface area contributed by atoms with Gasteiger partial charge < -0.3 is 0 Å². The fraction of sp³-hybridized carbons (Fsp3) is 0.294. The minimum atomic E-state index is -0.218. The quantitative estimate of drug-likeness (QED) is 0.590. The first-order chi connectivity index (χ1) is 9.59. The van der Waals surface area contributed by atoms with E-state index in [1.165, 1.54) is 16.7 Å². The number of alkyl halides is 2. The van der Waals surface area contributed by atoms with Crippen LogP contribution in [0.25, 0.3) is 0 Å². The van der Waals surface area contributed by atoms with Gasteiger partial charge in [-0.3, -0.25) is 0 Å². The Morgan fingerprint density at radius 1 is 0.900 bits per heavy atom. The molecule has 2 rings (SSSR count). The maximum absolute atomic E-state index is 6.29. The molecule has 0 saturated heterocycles. The second-order valence-electron chi connectivity index (χ2n) is 5.22. The van der Waals surface area contributed by atoms with E-state index in [2.05, 4.69) is 71.4 Å². The van der Waals surface area contributed by atoms with Crippen molar-refractivity contribution >= 4 is 39.1 Å². The third-order valence-electron chi connectivity index (χ3n) is 3.63. The van der Waals surface area contributed by atoms with Gasteiger partial charge in [-0.2, -0.15) is 0 Å². The zero-order chi connectivity index (χ0) is 14.6. The molecule has 3 heteroatoms. The van der Waals surface area contributed by atoms with Gasteiger partial charge in [0, 0.05) is 21.6 Å². The average Bonchev–Trinajstić information content (AvgIpc) is 2.48. The molecule has 2 aromatic carbocycles. The fourth-order valence-electron chi connectivity index (χ4n) is 2.29. The van der Waals surface area contributed by atoms with Gasteiger partial charge in [0.25, 0.3) is 0 Å². The molecule has 0 aromatic heterocycles. The van der Waals surface area contributed by atoms with Gasteiger partial charge in [0.2, 0.25) is 0 Å². The standard InChI is InChI=1S/C17H17BrCl2/c1-13-2-6-15(7-3-13)17(11-19,12-20)10-14-4-8-16(18)9-5-14/h2-9H,10-12H2,1H3. The summed E-state index contributed by atoms with van der Waals surface area (Å²) >= 11 is 16.0. The predicted molar refractivity (Wildman–Crippen MR) is 92.1 cm³/mol. The average molecular weight is 372 g/mol. The van der Waals surface area contributed by atoms with E-state index in [4.69, 9.17) is 23.2 Å². The zero-order valence-corrected chi connectivity index (χ0v) is 14.5. The molecule has 2 aromatic rings. The van der Waals surface area contributed by atoms with Crippen LogP contribution in [0.15, 0.2) is 53.0 Å². The second-order valence-corrected chi connectivity index (χ2v) is 6.67. The van der Waals surface area contributed by atoms with Crippen LogP contribution in [0.3, 0.4) is 0 Å². The summed E-state index contributed by atoms with van der Waals surface area (Å²) in [5.74, 6) is 1.02. The Labute approximate surface area is 139 Å². The monoisotopic (exact) mass is 370 g/mol. The fourth-order valence-corrected chi connectivity index (χ4v) is 3.33. The van der Waals surface area contributed by atoms with Crippen LogP contribution in [-0.2, 0) is 11.8 Å². The van der Waals surface area contributed by atoms with Gasteiger partial charge in [-0.05, 0) is 36.6 Å². The van der Waals surface area contributed by atoms with Crippen molar-refractivity contribution < 1.29 is 0 Å². The molecule has 0 spiro atoms. The molecule has 0 N–H and O–H groups in total. The van der Waals surface area contributed by atoms with Crippen molar-refractivity contribution in [2.45, 2.75) is 18.8 Å². The number of halogens is 3. The molecule has 0 saturated carbocycles. The topological polar surface area (TPSA) is 0 Å². The molecule has 0 unspecified atom stereocenters. The number of aryl methyl sites for hydroxylation is 1. The van der Waals surface area contributed by atoms with Crippen LogP contribution < -0.4 is 0 Å². The second kappa shape index (κ2) is 6.98. The summed E-state index contributed by atoms with van der Waals surface area (Å²) in [6.07, 6.45) is 0.844. The van der Waals surface area contributed by atoms with Crippen LogP contribution in [0.5, 0.6) is 0 Å². The summed E-state index contributed by atoms with van der Waals surface area (Å²) in [7, 11) is 0. The number of hydrogen-bond donors (Lipinski definition) is 0. The molecule has 0 atom stereocenters. The Balaban J connectivity index is 2.33. The predicted octanol–water partition coefficient (Wildman–Crippen LogP) is 5.72. The molecule has 0 radical (unpaired) electrons.